The van der Waals surface area contributed by atoms with Gasteiger partial charge in [-0.2, -0.15) is 0 Å². The molecule has 0 unspecified atom stereocenters. The van der Waals surface area contributed by atoms with E-state index in [0.29, 0.717) is 0 Å². The van der Waals surface area contributed by atoms with E-state index in [1.54, 1.807) is 23.7 Å². The zero-order valence-electron chi connectivity index (χ0n) is 7.79. The molecule has 3 nitrogen and oxygen atoms in total. The lowest BCUT2D eigenvalue weighted by molar-refractivity contribution is 1.30. The van der Waals surface area contributed by atoms with Crippen LogP contribution in [0.3, 0.4) is 0 Å². The molecule has 0 aliphatic carbocycles. The number of hydrogen-bond donors (Lipinski definition) is 0. The summed E-state index contributed by atoms with van der Waals surface area (Å²) in [7, 11) is 0. The first-order valence-corrected chi connectivity index (χ1v) is 5.38. The summed E-state index contributed by atoms with van der Waals surface area (Å²) in [5.41, 5.74) is 1.84. The van der Waals surface area contributed by atoms with Crippen molar-refractivity contribution >= 4 is 21.7 Å². The number of hydrogen-bond acceptors (Lipinski definition) is 4. The highest BCUT2D eigenvalue weighted by Crippen LogP contribution is 2.26. The Morgan fingerprint density at radius 3 is 2.67 bits per heavy atom. The van der Waals surface area contributed by atoms with Crippen LogP contribution in [0.15, 0.2) is 42.7 Å². The molecule has 0 saturated carbocycles. The second-order valence-electron chi connectivity index (χ2n) is 3.06. The largest absolute Gasteiger partial charge is 0.254 e. The normalized spacial score (nSPS) is 10.7. The monoisotopic (exact) mass is 213 g/mol. The van der Waals surface area contributed by atoms with E-state index in [9.17, 15) is 0 Å². The molecule has 3 rings (SSSR count). The van der Waals surface area contributed by atoms with E-state index < -0.39 is 0 Å². The molecule has 0 saturated heterocycles. The SMILES string of the molecule is c1ccc(-c2nc3cccnc3s2)nc1. The molecule has 3 heterocycles. The van der Waals surface area contributed by atoms with Gasteiger partial charge in [-0.05, 0) is 24.3 Å². The van der Waals surface area contributed by atoms with Gasteiger partial charge in [0.25, 0.3) is 0 Å². The summed E-state index contributed by atoms with van der Waals surface area (Å²) in [5.74, 6) is 0. The Morgan fingerprint density at radius 1 is 0.933 bits per heavy atom. The van der Waals surface area contributed by atoms with Crippen LogP contribution in [0.5, 0.6) is 0 Å². The molecular weight excluding hydrogens is 206 g/mol. The summed E-state index contributed by atoms with van der Waals surface area (Å²) in [6, 6.07) is 9.67. The van der Waals surface area contributed by atoms with Crippen LogP contribution in [0.4, 0.5) is 0 Å². The third-order valence-electron chi connectivity index (χ3n) is 2.05. The van der Waals surface area contributed by atoms with Gasteiger partial charge in [-0.15, -0.1) is 0 Å². The number of thiazole rings is 1. The first-order valence-electron chi connectivity index (χ1n) is 4.56. The molecule has 4 heteroatoms. The van der Waals surface area contributed by atoms with E-state index in [4.69, 9.17) is 0 Å². The van der Waals surface area contributed by atoms with Crippen LogP contribution in [0.1, 0.15) is 0 Å². The maximum Gasteiger partial charge on any atom is 0.144 e. The first-order chi connectivity index (χ1) is 7.43. The van der Waals surface area contributed by atoms with Crippen LogP contribution in [0.2, 0.25) is 0 Å². The summed E-state index contributed by atoms with van der Waals surface area (Å²) < 4.78 is 0. The van der Waals surface area contributed by atoms with Crippen molar-refractivity contribution in [1.29, 1.82) is 0 Å². The van der Waals surface area contributed by atoms with Gasteiger partial charge in [0.15, 0.2) is 0 Å². The van der Waals surface area contributed by atoms with Gasteiger partial charge in [-0.25, -0.2) is 9.97 Å². The molecule has 0 N–H and O–H groups in total. The number of fused-ring (bicyclic) bond motifs is 1. The Balaban J connectivity index is 2.21. The minimum absolute atomic E-state index is 0.903. The van der Waals surface area contributed by atoms with E-state index in [-0.39, 0.29) is 0 Å². The van der Waals surface area contributed by atoms with Gasteiger partial charge < -0.3 is 0 Å². The summed E-state index contributed by atoms with van der Waals surface area (Å²) >= 11 is 1.57. The molecule has 0 bridgehead atoms. The van der Waals surface area contributed by atoms with E-state index in [1.807, 2.05) is 30.3 Å². The maximum atomic E-state index is 4.48. The lowest BCUT2D eigenvalue weighted by Gasteiger charge is -1.90. The summed E-state index contributed by atoms with van der Waals surface area (Å²) in [5, 5.41) is 0.921. The van der Waals surface area contributed by atoms with Crippen molar-refractivity contribution in [2.75, 3.05) is 0 Å². The van der Waals surface area contributed by atoms with Gasteiger partial charge in [0.05, 0.1) is 5.69 Å². The third kappa shape index (κ3) is 1.49. The van der Waals surface area contributed by atoms with Crippen molar-refractivity contribution in [3.8, 4) is 10.7 Å². The Hall–Kier alpha value is -1.81. The van der Waals surface area contributed by atoms with E-state index in [2.05, 4.69) is 15.0 Å². The molecule has 3 aromatic rings. The summed E-state index contributed by atoms with van der Waals surface area (Å²) in [6.45, 7) is 0. The average molecular weight is 213 g/mol. The third-order valence-corrected chi connectivity index (χ3v) is 3.05. The van der Waals surface area contributed by atoms with E-state index in [0.717, 1.165) is 21.0 Å². The van der Waals surface area contributed by atoms with Crippen molar-refractivity contribution in [2.45, 2.75) is 0 Å². The minimum Gasteiger partial charge on any atom is -0.254 e. The Kier molecular flexibility index (Phi) is 1.93. The molecule has 0 aliphatic heterocycles. The standard InChI is InChI=1S/C11H7N3S/c1-2-6-12-8(4-1)11-14-9-5-3-7-13-10(9)15-11/h1-7H. The zero-order valence-corrected chi connectivity index (χ0v) is 8.61. The van der Waals surface area contributed by atoms with Crippen molar-refractivity contribution in [2.24, 2.45) is 0 Å². The first kappa shape index (κ1) is 8.49. The number of rotatable bonds is 1. The van der Waals surface area contributed by atoms with Crippen molar-refractivity contribution in [3.05, 3.63) is 42.7 Å². The molecule has 0 atom stereocenters. The lowest BCUT2D eigenvalue weighted by atomic mass is 10.4. The second kappa shape index (κ2) is 3.40. The molecule has 0 aromatic carbocycles. The molecule has 0 fully saturated rings. The fourth-order valence-corrected chi connectivity index (χ4v) is 2.25. The van der Waals surface area contributed by atoms with Crippen LogP contribution in [-0.2, 0) is 0 Å². The molecule has 72 valence electrons. The minimum atomic E-state index is 0.903. The van der Waals surface area contributed by atoms with E-state index in [1.165, 1.54) is 0 Å². The van der Waals surface area contributed by atoms with Crippen LogP contribution >= 0.6 is 11.3 Å². The van der Waals surface area contributed by atoms with Crippen LogP contribution in [0, 0.1) is 0 Å². The highest BCUT2D eigenvalue weighted by molar-refractivity contribution is 7.21. The number of pyridine rings is 2. The van der Waals surface area contributed by atoms with Gasteiger partial charge >= 0.3 is 0 Å². The lowest BCUT2D eigenvalue weighted by Crippen LogP contribution is -1.78. The molecular formula is C11H7N3S. The fourth-order valence-electron chi connectivity index (χ4n) is 1.37. The fraction of sp³-hybridized carbons (Fsp3) is 0. The highest BCUT2D eigenvalue weighted by atomic mass is 32.1. The molecule has 0 aliphatic rings. The van der Waals surface area contributed by atoms with Crippen LogP contribution in [0.25, 0.3) is 21.0 Å². The van der Waals surface area contributed by atoms with Crippen LogP contribution < -0.4 is 0 Å². The molecule has 0 amide bonds. The van der Waals surface area contributed by atoms with Crippen LogP contribution in [-0.4, -0.2) is 15.0 Å². The predicted octanol–water partition coefficient (Wildman–Crippen LogP) is 2.75. The Bertz CT molecular complexity index is 556. The molecule has 0 radical (unpaired) electrons. The second-order valence-corrected chi connectivity index (χ2v) is 4.04. The zero-order chi connectivity index (χ0) is 10.1. The number of aromatic nitrogens is 3. The topological polar surface area (TPSA) is 38.7 Å². The maximum absolute atomic E-state index is 4.48. The van der Waals surface area contributed by atoms with Gasteiger partial charge in [-0.3, -0.25) is 4.98 Å². The summed E-state index contributed by atoms with van der Waals surface area (Å²) in [4.78, 5) is 14.0. The average Bonchev–Trinajstić information content (AvgIpc) is 2.74. The predicted molar refractivity (Wildman–Crippen MR) is 60.6 cm³/mol. The Morgan fingerprint density at radius 2 is 1.87 bits per heavy atom. The quantitative estimate of drug-likeness (QED) is 0.624. The van der Waals surface area contributed by atoms with Crippen molar-refractivity contribution in [3.63, 3.8) is 0 Å². The number of nitrogens with zero attached hydrogens (tertiary/aromatic N) is 3. The molecule has 3 aromatic heterocycles. The summed E-state index contributed by atoms with van der Waals surface area (Å²) in [6.07, 6.45) is 3.55. The Labute approximate surface area is 90.5 Å². The van der Waals surface area contributed by atoms with Gasteiger partial charge in [0, 0.05) is 12.4 Å². The molecule has 15 heavy (non-hydrogen) atoms. The highest BCUT2D eigenvalue weighted by Gasteiger charge is 2.06. The van der Waals surface area contributed by atoms with Gasteiger partial charge in [-0.1, -0.05) is 17.4 Å². The van der Waals surface area contributed by atoms with E-state index >= 15 is 0 Å². The molecule has 0 spiro atoms. The van der Waals surface area contributed by atoms with Crippen molar-refractivity contribution < 1.29 is 0 Å². The smallest absolute Gasteiger partial charge is 0.144 e. The van der Waals surface area contributed by atoms with Gasteiger partial charge in [0.2, 0.25) is 0 Å². The van der Waals surface area contributed by atoms with Gasteiger partial charge in [0.1, 0.15) is 15.4 Å². The van der Waals surface area contributed by atoms with Crippen molar-refractivity contribution in [1.82, 2.24) is 15.0 Å².